The van der Waals surface area contributed by atoms with E-state index in [-0.39, 0.29) is 17.2 Å². The highest BCUT2D eigenvalue weighted by Crippen LogP contribution is 2.28. The third-order valence-corrected chi connectivity index (χ3v) is 4.46. The number of carbonyl (C=O) groups is 1. The van der Waals surface area contributed by atoms with Gasteiger partial charge in [0.2, 0.25) is 0 Å². The van der Waals surface area contributed by atoms with Gasteiger partial charge in [0.15, 0.2) is 0 Å². The number of nitrogens with one attached hydrogen (secondary N) is 2. The van der Waals surface area contributed by atoms with Crippen LogP contribution in [0.5, 0.6) is 0 Å². The highest BCUT2D eigenvalue weighted by molar-refractivity contribution is 7.10. The Labute approximate surface area is 127 Å². The van der Waals surface area contributed by atoms with Crippen molar-refractivity contribution in [3.63, 3.8) is 0 Å². The molecule has 0 saturated carbocycles. The van der Waals surface area contributed by atoms with Gasteiger partial charge in [0.1, 0.15) is 5.56 Å². The Bertz CT molecular complexity index is 743. The minimum atomic E-state index is -0.395. The molecule has 0 spiro atoms. The molecule has 110 valence electrons. The first-order chi connectivity index (χ1) is 9.93. The highest BCUT2D eigenvalue weighted by atomic mass is 32.1. The van der Waals surface area contributed by atoms with E-state index in [1.165, 1.54) is 4.88 Å². The molecular formula is C16H18N2O2S. The Morgan fingerprint density at radius 1 is 1.43 bits per heavy atom. The van der Waals surface area contributed by atoms with Gasteiger partial charge in [0, 0.05) is 27.6 Å². The Hall–Kier alpha value is -2.14. The van der Waals surface area contributed by atoms with Crippen LogP contribution >= 0.6 is 11.3 Å². The predicted octanol–water partition coefficient (Wildman–Crippen LogP) is 3.02. The van der Waals surface area contributed by atoms with Crippen molar-refractivity contribution in [1.82, 2.24) is 10.3 Å². The van der Waals surface area contributed by atoms with Crippen molar-refractivity contribution in [2.24, 2.45) is 0 Å². The van der Waals surface area contributed by atoms with Crippen LogP contribution in [0.4, 0.5) is 0 Å². The van der Waals surface area contributed by atoms with Crippen LogP contribution in [-0.4, -0.2) is 16.9 Å². The number of aromatic nitrogens is 1. The van der Waals surface area contributed by atoms with Crippen molar-refractivity contribution in [3.8, 4) is 11.3 Å². The van der Waals surface area contributed by atoms with Gasteiger partial charge in [0.05, 0.1) is 0 Å². The molecule has 2 rings (SSSR count). The minimum Gasteiger partial charge on any atom is -0.346 e. The van der Waals surface area contributed by atoms with Crippen LogP contribution in [0.3, 0.4) is 0 Å². The van der Waals surface area contributed by atoms with Crippen LogP contribution in [0, 0.1) is 13.8 Å². The normalized spacial score (nSPS) is 12.0. The van der Waals surface area contributed by atoms with E-state index >= 15 is 0 Å². The topological polar surface area (TPSA) is 62.0 Å². The number of pyridine rings is 1. The maximum Gasteiger partial charge on any atom is 0.261 e. The van der Waals surface area contributed by atoms with Crippen LogP contribution in [0.15, 0.2) is 35.0 Å². The number of thiophene rings is 1. The van der Waals surface area contributed by atoms with E-state index in [9.17, 15) is 9.59 Å². The van der Waals surface area contributed by atoms with Gasteiger partial charge in [-0.15, -0.1) is 17.9 Å². The lowest BCUT2D eigenvalue weighted by Gasteiger charge is -2.09. The summed E-state index contributed by atoms with van der Waals surface area (Å²) >= 11 is 1.64. The molecular weight excluding hydrogens is 284 g/mol. The molecule has 0 bridgehead atoms. The molecule has 2 aromatic heterocycles. The molecule has 0 aromatic carbocycles. The zero-order valence-electron chi connectivity index (χ0n) is 12.3. The van der Waals surface area contributed by atoms with E-state index in [1.54, 1.807) is 36.5 Å². The summed E-state index contributed by atoms with van der Waals surface area (Å²) in [6, 6.07) is 3.15. The van der Waals surface area contributed by atoms with E-state index in [2.05, 4.69) is 16.9 Å². The molecule has 0 radical (unpaired) electrons. The second kappa shape index (κ2) is 6.10. The van der Waals surface area contributed by atoms with Crippen molar-refractivity contribution in [3.05, 3.63) is 56.5 Å². The second-order valence-electron chi connectivity index (χ2n) is 4.94. The number of carbonyl (C=O) groups excluding carboxylic acids is 1. The first-order valence-corrected chi connectivity index (χ1v) is 7.53. The molecule has 0 aliphatic carbocycles. The first-order valence-electron chi connectivity index (χ1n) is 6.66. The van der Waals surface area contributed by atoms with Gasteiger partial charge in [-0.1, -0.05) is 6.08 Å². The van der Waals surface area contributed by atoms with Gasteiger partial charge in [0.25, 0.3) is 11.5 Å². The number of aromatic amines is 1. The van der Waals surface area contributed by atoms with Crippen LogP contribution < -0.4 is 10.9 Å². The van der Waals surface area contributed by atoms with Crippen molar-refractivity contribution in [1.29, 1.82) is 0 Å². The maximum atomic E-state index is 12.1. The molecule has 5 heteroatoms. The molecule has 1 amide bonds. The lowest BCUT2D eigenvalue weighted by molar-refractivity contribution is 0.0945. The van der Waals surface area contributed by atoms with Crippen LogP contribution in [-0.2, 0) is 0 Å². The number of hydrogen-bond acceptors (Lipinski definition) is 3. The van der Waals surface area contributed by atoms with Crippen molar-refractivity contribution >= 4 is 17.2 Å². The Balaban J connectivity index is 2.34. The smallest absolute Gasteiger partial charge is 0.261 e. The standard InChI is InChI=1S/C16H18N2O2S/c1-5-9(2)17-15(19)12-6-7-14(18-16(12)20)13-8-21-11(4)10(13)3/h5-9H,1H2,2-4H3,(H,17,19)(H,18,20)/t9-/m0/s1. The molecule has 4 nitrogen and oxygen atoms in total. The monoisotopic (exact) mass is 302 g/mol. The molecule has 0 unspecified atom stereocenters. The zero-order valence-corrected chi connectivity index (χ0v) is 13.1. The lowest BCUT2D eigenvalue weighted by atomic mass is 10.1. The fourth-order valence-corrected chi connectivity index (χ4v) is 2.82. The fourth-order valence-electron chi connectivity index (χ4n) is 1.93. The molecule has 0 saturated heterocycles. The predicted molar refractivity (Wildman–Crippen MR) is 87.0 cm³/mol. The van der Waals surface area contributed by atoms with Crippen molar-refractivity contribution < 1.29 is 4.79 Å². The van der Waals surface area contributed by atoms with Gasteiger partial charge >= 0.3 is 0 Å². The number of hydrogen-bond donors (Lipinski definition) is 2. The van der Waals surface area contributed by atoms with Gasteiger partial charge in [-0.2, -0.15) is 0 Å². The van der Waals surface area contributed by atoms with Crippen molar-refractivity contribution in [2.75, 3.05) is 0 Å². The molecule has 0 fully saturated rings. The molecule has 21 heavy (non-hydrogen) atoms. The van der Waals surface area contributed by atoms with Crippen LogP contribution in [0.1, 0.15) is 27.7 Å². The maximum absolute atomic E-state index is 12.1. The highest BCUT2D eigenvalue weighted by Gasteiger charge is 2.14. The third kappa shape index (κ3) is 3.13. The molecule has 0 aliphatic heterocycles. The van der Waals surface area contributed by atoms with Crippen LogP contribution in [0.25, 0.3) is 11.3 Å². The number of aryl methyl sites for hydroxylation is 1. The molecule has 1 atom stereocenters. The van der Waals surface area contributed by atoms with Gasteiger partial charge < -0.3 is 10.3 Å². The summed E-state index contributed by atoms with van der Waals surface area (Å²) in [5.74, 6) is -0.395. The van der Waals surface area contributed by atoms with E-state index < -0.39 is 5.91 Å². The molecule has 2 N–H and O–H groups in total. The van der Waals surface area contributed by atoms with E-state index in [4.69, 9.17) is 0 Å². The Morgan fingerprint density at radius 2 is 2.14 bits per heavy atom. The number of amides is 1. The lowest BCUT2D eigenvalue weighted by Crippen LogP contribution is -2.34. The minimum absolute atomic E-state index is 0.108. The SMILES string of the molecule is C=C[C@H](C)NC(=O)c1ccc(-c2csc(C)c2C)[nH]c1=O. The summed E-state index contributed by atoms with van der Waals surface area (Å²) in [7, 11) is 0. The van der Waals surface area contributed by atoms with Crippen LogP contribution in [0.2, 0.25) is 0 Å². The van der Waals surface area contributed by atoms with Gasteiger partial charge in [-0.25, -0.2) is 0 Å². The number of H-pyrrole nitrogens is 1. The van der Waals surface area contributed by atoms with E-state index in [1.807, 2.05) is 19.2 Å². The molecule has 2 heterocycles. The third-order valence-electron chi connectivity index (χ3n) is 3.44. The summed E-state index contributed by atoms with van der Waals surface area (Å²) in [5.41, 5.74) is 2.60. The zero-order chi connectivity index (χ0) is 15.6. The summed E-state index contributed by atoms with van der Waals surface area (Å²) < 4.78 is 0. The summed E-state index contributed by atoms with van der Waals surface area (Å²) in [4.78, 5) is 28.1. The van der Waals surface area contributed by atoms with E-state index in [0.717, 1.165) is 16.8 Å². The largest absolute Gasteiger partial charge is 0.346 e. The van der Waals surface area contributed by atoms with Crippen molar-refractivity contribution in [2.45, 2.75) is 26.8 Å². The average Bonchev–Trinajstić information content (AvgIpc) is 2.78. The number of rotatable bonds is 4. The summed E-state index contributed by atoms with van der Waals surface area (Å²) in [5, 5.41) is 4.70. The molecule has 2 aromatic rings. The Kier molecular flexibility index (Phi) is 4.43. The first kappa shape index (κ1) is 15.3. The second-order valence-corrected chi connectivity index (χ2v) is 6.03. The fraction of sp³-hybridized carbons (Fsp3) is 0.250. The molecule has 0 aliphatic rings. The average molecular weight is 302 g/mol. The van der Waals surface area contributed by atoms with Gasteiger partial charge in [-0.3, -0.25) is 9.59 Å². The Morgan fingerprint density at radius 3 is 2.67 bits per heavy atom. The summed E-state index contributed by atoms with van der Waals surface area (Å²) in [6.07, 6.45) is 1.61. The quantitative estimate of drug-likeness (QED) is 0.853. The van der Waals surface area contributed by atoms with Gasteiger partial charge in [-0.05, 0) is 38.5 Å². The summed E-state index contributed by atoms with van der Waals surface area (Å²) in [6.45, 7) is 9.45. The van der Waals surface area contributed by atoms with E-state index in [0.29, 0.717) is 0 Å².